The minimum absolute atomic E-state index is 0.0279. The summed E-state index contributed by atoms with van der Waals surface area (Å²) in [6.45, 7) is 4.81. The molecule has 0 radical (unpaired) electrons. The molecule has 200 valence electrons. The maximum absolute atomic E-state index is 14.0. The molecule has 0 spiro atoms. The number of benzene rings is 2. The molecule has 38 heavy (non-hydrogen) atoms. The Hall–Kier alpha value is -2.88. The second-order valence-corrected chi connectivity index (χ2v) is 13.0. The minimum atomic E-state index is -0.0279. The van der Waals surface area contributed by atoms with Crippen molar-refractivity contribution in [3.05, 3.63) is 83.9 Å². The van der Waals surface area contributed by atoms with Gasteiger partial charge < -0.3 is 10.2 Å². The Morgan fingerprint density at radius 2 is 1.66 bits per heavy atom. The number of amides is 2. The Morgan fingerprint density at radius 1 is 0.947 bits per heavy atom. The molecular weight excluding hydrogens is 468 g/mol. The molecule has 8 atom stereocenters. The van der Waals surface area contributed by atoms with Crippen molar-refractivity contribution in [2.24, 2.45) is 34.5 Å². The van der Waals surface area contributed by atoms with Gasteiger partial charge in [0.25, 0.3) is 0 Å². The first-order valence-electron chi connectivity index (χ1n) is 14.7. The Kier molecular flexibility index (Phi) is 6.48. The third kappa shape index (κ3) is 4.12. The lowest BCUT2D eigenvalue weighted by Crippen LogP contribution is -2.60. The van der Waals surface area contributed by atoms with E-state index in [4.69, 9.17) is 0 Å². The minimum Gasteiger partial charge on any atom is -0.349 e. The van der Waals surface area contributed by atoms with Crippen molar-refractivity contribution >= 4 is 11.8 Å². The van der Waals surface area contributed by atoms with E-state index in [1.165, 1.54) is 17.5 Å². The fraction of sp³-hybridized carbons (Fsp3) is 0.529. The Bertz CT molecular complexity index is 1210. The highest BCUT2D eigenvalue weighted by Crippen LogP contribution is 2.65. The van der Waals surface area contributed by atoms with E-state index in [1.54, 1.807) is 0 Å². The first-order valence-corrected chi connectivity index (χ1v) is 14.7. The van der Waals surface area contributed by atoms with Crippen LogP contribution in [-0.4, -0.2) is 29.8 Å². The number of rotatable bonds is 5. The third-order valence-electron chi connectivity index (χ3n) is 11.2. The molecule has 0 saturated heterocycles. The monoisotopic (exact) mass is 510 g/mol. The van der Waals surface area contributed by atoms with Crippen LogP contribution >= 0.6 is 0 Å². The highest BCUT2D eigenvalue weighted by Gasteiger charge is 2.61. The van der Waals surface area contributed by atoms with Gasteiger partial charge in [0.15, 0.2) is 0 Å². The van der Waals surface area contributed by atoms with Gasteiger partial charge in [0, 0.05) is 24.4 Å². The Morgan fingerprint density at radius 3 is 2.39 bits per heavy atom. The van der Waals surface area contributed by atoms with Crippen molar-refractivity contribution in [2.45, 2.75) is 70.9 Å². The molecular formula is C34H42N2O2. The summed E-state index contributed by atoms with van der Waals surface area (Å²) >= 11 is 0. The summed E-state index contributed by atoms with van der Waals surface area (Å²) < 4.78 is 0. The van der Waals surface area contributed by atoms with E-state index in [0.717, 1.165) is 38.5 Å². The molecule has 2 aromatic carbocycles. The van der Waals surface area contributed by atoms with Gasteiger partial charge in [-0.3, -0.25) is 9.59 Å². The van der Waals surface area contributed by atoms with E-state index < -0.39 is 0 Å². The van der Waals surface area contributed by atoms with Crippen LogP contribution in [-0.2, 0) is 16.0 Å². The number of hydrogen-bond donors (Lipinski definition) is 1. The van der Waals surface area contributed by atoms with E-state index in [-0.39, 0.29) is 34.6 Å². The first kappa shape index (κ1) is 25.4. The van der Waals surface area contributed by atoms with Crippen LogP contribution in [0.2, 0.25) is 0 Å². The summed E-state index contributed by atoms with van der Waals surface area (Å²) in [5.41, 5.74) is 2.50. The van der Waals surface area contributed by atoms with Crippen LogP contribution in [0.5, 0.6) is 0 Å². The SMILES string of the molecule is CN1C(=O)C=C[C@@]2(C)C1CC[C@@H]1[C@H]2CC[C@]2(C)C(C(=O)N[C@H](Cc3ccccc3)c3ccccc3)CC[C@@H]12. The van der Waals surface area contributed by atoms with Crippen molar-refractivity contribution < 1.29 is 9.59 Å². The fourth-order valence-electron chi connectivity index (χ4n) is 9.23. The second-order valence-electron chi connectivity index (χ2n) is 13.0. The molecule has 4 aliphatic rings. The highest BCUT2D eigenvalue weighted by atomic mass is 16.2. The molecule has 2 amide bonds. The number of fused-ring (bicyclic) bond motifs is 5. The largest absolute Gasteiger partial charge is 0.349 e. The molecule has 3 saturated carbocycles. The summed E-state index contributed by atoms with van der Waals surface area (Å²) in [5.74, 6) is 2.24. The van der Waals surface area contributed by atoms with E-state index in [0.29, 0.717) is 23.8 Å². The van der Waals surface area contributed by atoms with Gasteiger partial charge in [-0.15, -0.1) is 0 Å². The summed E-state index contributed by atoms with van der Waals surface area (Å²) in [6, 6.07) is 21.2. The molecule has 1 N–H and O–H groups in total. The van der Waals surface area contributed by atoms with Crippen molar-refractivity contribution in [2.75, 3.05) is 7.05 Å². The van der Waals surface area contributed by atoms with E-state index in [1.807, 2.05) is 30.2 Å². The van der Waals surface area contributed by atoms with Crippen LogP contribution in [0, 0.1) is 34.5 Å². The average Bonchev–Trinajstić information content (AvgIpc) is 3.29. The zero-order chi connectivity index (χ0) is 26.5. The molecule has 0 bridgehead atoms. The maximum Gasteiger partial charge on any atom is 0.246 e. The Labute approximate surface area is 227 Å². The molecule has 2 aromatic rings. The number of hydrogen-bond acceptors (Lipinski definition) is 2. The van der Waals surface area contributed by atoms with E-state index in [9.17, 15) is 9.59 Å². The number of likely N-dealkylation sites (N-methyl/N-ethyl adjacent to an activating group) is 1. The average molecular weight is 511 g/mol. The summed E-state index contributed by atoms with van der Waals surface area (Å²) in [7, 11) is 1.98. The summed E-state index contributed by atoms with van der Waals surface area (Å²) in [4.78, 5) is 28.4. The quantitative estimate of drug-likeness (QED) is 0.510. The number of carbonyl (C=O) groups is 2. The van der Waals surface area contributed by atoms with Crippen molar-refractivity contribution in [3.63, 3.8) is 0 Å². The molecule has 3 aliphatic carbocycles. The number of carbonyl (C=O) groups excluding carboxylic acids is 2. The summed E-state index contributed by atoms with van der Waals surface area (Å²) in [5, 5.41) is 3.52. The predicted octanol–water partition coefficient (Wildman–Crippen LogP) is 6.34. The Balaban J connectivity index is 1.22. The van der Waals surface area contributed by atoms with Crippen molar-refractivity contribution in [1.82, 2.24) is 10.2 Å². The zero-order valence-corrected chi connectivity index (χ0v) is 23.1. The topological polar surface area (TPSA) is 49.4 Å². The van der Waals surface area contributed by atoms with Crippen LogP contribution in [0.3, 0.4) is 0 Å². The van der Waals surface area contributed by atoms with Crippen molar-refractivity contribution in [3.8, 4) is 0 Å². The highest BCUT2D eigenvalue weighted by molar-refractivity contribution is 5.89. The molecule has 3 fully saturated rings. The van der Waals surface area contributed by atoms with Crippen LogP contribution in [0.25, 0.3) is 0 Å². The van der Waals surface area contributed by atoms with Crippen LogP contribution in [0.15, 0.2) is 72.8 Å². The lowest BCUT2D eigenvalue weighted by atomic mass is 9.47. The van der Waals surface area contributed by atoms with Crippen LogP contribution in [0.1, 0.15) is 69.5 Å². The van der Waals surface area contributed by atoms with Gasteiger partial charge in [-0.2, -0.15) is 0 Å². The zero-order valence-electron chi connectivity index (χ0n) is 23.1. The number of nitrogens with zero attached hydrogens (tertiary/aromatic N) is 1. The van der Waals surface area contributed by atoms with Gasteiger partial charge in [-0.05, 0) is 85.3 Å². The van der Waals surface area contributed by atoms with Gasteiger partial charge in [0.05, 0.1) is 6.04 Å². The second kappa shape index (κ2) is 9.70. The summed E-state index contributed by atoms with van der Waals surface area (Å²) in [6.07, 6.45) is 11.5. The lowest BCUT2D eigenvalue weighted by molar-refractivity contribution is -0.142. The predicted molar refractivity (Wildman–Crippen MR) is 151 cm³/mol. The molecule has 0 aromatic heterocycles. The van der Waals surface area contributed by atoms with Crippen LogP contribution in [0.4, 0.5) is 0 Å². The van der Waals surface area contributed by atoms with Gasteiger partial charge in [-0.25, -0.2) is 0 Å². The molecule has 1 aliphatic heterocycles. The normalized spacial score (nSPS) is 36.7. The third-order valence-corrected chi connectivity index (χ3v) is 11.2. The van der Waals surface area contributed by atoms with Gasteiger partial charge in [0.1, 0.15) is 0 Å². The maximum atomic E-state index is 14.0. The van der Waals surface area contributed by atoms with Gasteiger partial charge in [-0.1, -0.05) is 80.6 Å². The van der Waals surface area contributed by atoms with E-state index in [2.05, 4.69) is 73.8 Å². The molecule has 4 heteroatoms. The van der Waals surface area contributed by atoms with Crippen molar-refractivity contribution in [1.29, 1.82) is 0 Å². The van der Waals surface area contributed by atoms with E-state index >= 15 is 0 Å². The lowest BCUT2D eigenvalue weighted by Gasteiger charge is -2.60. The number of nitrogens with one attached hydrogen (secondary N) is 1. The molecule has 1 heterocycles. The molecule has 4 nitrogen and oxygen atoms in total. The smallest absolute Gasteiger partial charge is 0.246 e. The molecule has 2 unspecified atom stereocenters. The van der Waals surface area contributed by atoms with Gasteiger partial charge in [0.2, 0.25) is 11.8 Å². The fourth-order valence-corrected chi connectivity index (χ4v) is 9.23. The molecule has 6 rings (SSSR count). The standard InChI is InChI=1S/C34H42N2O2/c1-33-20-18-27-25(14-17-30-34(27,2)21-19-31(37)36(30)3)26(33)15-16-28(33)32(38)35-29(24-12-8-5-9-13-24)22-23-10-6-4-7-11-23/h4-13,19,21,25-30H,14-18,20,22H2,1-3H3,(H,35,38)/t25-,26-,27+,28?,29+,30?,33-,34+/m0/s1. The first-order chi connectivity index (χ1) is 18.3. The van der Waals surface area contributed by atoms with Gasteiger partial charge >= 0.3 is 0 Å². The van der Waals surface area contributed by atoms with Crippen LogP contribution < -0.4 is 5.32 Å².